The lowest BCUT2D eigenvalue weighted by Gasteiger charge is -2.13. The summed E-state index contributed by atoms with van der Waals surface area (Å²) in [6, 6.07) is 32.8. The van der Waals surface area contributed by atoms with E-state index in [0.29, 0.717) is 11.4 Å². The molecule has 4 aromatic carbocycles. The summed E-state index contributed by atoms with van der Waals surface area (Å²) in [4.78, 5) is 30.0. The molecular formula is C40H38N6O4. The van der Waals surface area contributed by atoms with Crippen molar-refractivity contribution in [3.05, 3.63) is 167 Å². The van der Waals surface area contributed by atoms with Crippen LogP contribution in [0, 0.1) is 27.7 Å². The van der Waals surface area contributed by atoms with Gasteiger partial charge in [0.1, 0.15) is 0 Å². The predicted molar refractivity (Wildman–Crippen MR) is 198 cm³/mol. The molecule has 10 heteroatoms. The van der Waals surface area contributed by atoms with Crippen LogP contribution in [0.2, 0.25) is 0 Å². The van der Waals surface area contributed by atoms with Gasteiger partial charge >= 0.3 is 11.9 Å². The predicted octanol–water partition coefficient (Wildman–Crippen LogP) is 10.4. The van der Waals surface area contributed by atoms with Gasteiger partial charge in [0.15, 0.2) is 0 Å². The topological polar surface area (TPSA) is 149 Å². The number of carbonyl (C=O) groups is 2. The third kappa shape index (κ3) is 10.4. The minimum Gasteiger partial charge on any atom is -0.478 e. The van der Waals surface area contributed by atoms with Crippen LogP contribution in [0.1, 0.15) is 43.0 Å². The Labute approximate surface area is 291 Å². The molecule has 10 nitrogen and oxygen atoms in total. The number of benzene rings is 4. The maximum absolute atomic E-state index is 11.1. The highest BCUT2D eigenvalue weighted by molar-refractivity contribution is 5.96. The highest BCUT2D eigenvalue weighted by Crippen LogP contribution is 2.26. The van der Waals surface area contributed by atoms with Crippen molar-refractivity contribution in [3.8, 4) is 0 Å². The van der Waals surface area contributed by atoms with Crippen LogP contribution in [0.25, 0.3) is 0 Å². The summed E-state index contributed by atoms with van der Waals surface area (Å²) >= 11 is 0. The van der Waals surface area contributed by atoms with Crippen LogP contribution in [-0.2, 0) is 0 Å². The molecule has 0 fully saturated rings. The Morgan fingerprint density at radius 1 is 0.480 bits per heavy atom. The second-order valence-corrected chi connectivity index (χ2v) is 11.1. The van der Waals surface area contributed by atoms with Gasteiger partial charge in [-0.3, -0.25) is 9.97 Å². The number of aromatic carboxylic acids is 2. The van der Waals surface area contributed by atoms with Crippen molar-refractivity contribution in [2.45, 2.75) is 27.7 Å². The smallest absolute Gasteiger partial charge is 0.337 e. The Morgan fingerprint density at radius 2 is 0.820 bits per heavy atom. The zero-order chi connectivity index (χ0) is 35.9. The van der Waals surface area contributed by atoms with Crippen molar-refractivity contribution >= 4 is 46.1 Å². The number of pyridine rings is 2. The van der Waals surface area contributed by atoms with Gasteiger partial charge in [0, 0.05) is 36.2 Å². The van der Waals surface area contributed by atoms with Gasteiger partial charge in [-0.1, -0.05) is 48.5 Å². The third-order valence-corrected chi connectivity index (χ3v) is 7.67. The van der Waals surface area contributed by atoms with Crippen molar-refractivity contribution in [2.24, 2.45) is 10.2 Å². The van der Waals surface area contributed by atoms with Crippen molar-refractivity contribution in [1.82, 2.24) is 9.97 Å². The van der Waals surface area contributed by atoms with E-state index >= 15 is 0 Å². The molecule has 6 aromatic rings. The quantitative estimate of drug-likeness (QED) is 0.117. The molecule has 50 heavy (non-hydrogen) atoms. The van der Waals surface area contributed by atoms with Gasteiger partial charge in [0.05, 0.1) is 33.9 Å². The van der Waals surface area contributed by atoms with Crippen molar-refractivity contribution in [2.75, 3.05) is 10.6 Å². The van der Waals surface area contributed by atoms with Crippen molar-refractivity contribution in [1.29, 1.82) is 0 Å². The van der Waals surface area contributed by atoms with Gasteiger partial charge in [-0.15, -0.1) is 0 Å². The fourth-order valence-corrected chi connectivity index (χ4v) is 4.56. The summed E-state index contributed by atoms with van der Waals surface area (Å²) in [5.74, 6) is -1.85. The van der Waals surface area contributed by atoms with Crippen LogP contribution in [0.5, 0.6) is 0 Å². The van der Waals surface area contributed by atoms with E-state index in [4.69, 9.17) is 10.2 Å². The van der Waals surface area contributed by atoms with Gasteiger partial charge in [-0.05, 0) is 111 Å². The van der Waals surface area contributed by atoms with Crippen LogP contribution in [0.15, 0.2) is 144 Å². The molecule has 0 radical (unpaired) electrons. The zero-order valence-corrected chi connectivity index (χ0v) is 28.2. The SMILES string of the molecule is Cc1cccc(Nc2ccccc2C(=O)O)c1C.Cc1cccc(Nc2ccccc2C(=O)O)c1C.c1cc(N=Nc2ccncc2)ccn1. The Balaban J connectivity index is 0.000000170. The second-order valence-electron chi connectivity index (χ2n) is 11.1. The minimum absolute atomic E-state index is 0.276. The molecule has 252 valence electrons. The summed E-state index contributed by atoms with van der Waals surface area (Å²) in [5, 5.41) is 32.7. The van der Waals surface area contributed by atoms with E-state index in [9.17, 15) is 9.59 Å². The van der Waals surface area contributed by atoms with E-state index in [1.54, 1.807) is 85.5 Å². The van der Waals surface area contributed by atoms with Gasteiger partial charge < -0.3 is 20.8 Å². The Morgan fingerprint density at radius 3 is 1.18 bits per heavy atom. The summed E-state index contributed by atoms with van der Waals surface area (Å²) < 4.78 is 0. The fourth-order valence-electron chi connectivity index (χ4n) is 4.56. The molecule has 4 N–H and O–H groups in total. The zero-order valence-electron chi connectivity index (χ0n) is 28.2. The van der Waals surface area contributed by atoms with E-state index in [0.717, 1.165) is 33.9 Å². The molecule has 0 amide bonds. The van der Waals surface area contributed by atoms with Crippen LogP contribution in [0.3, 0.4) is 0 Å². The molecule has 0 atom stereocenters. The first-order valence-electron chi connectivity index (χ1n) is 15.7. The molecule has 6 rings (SSSR count). The van der Waals surface area contributed by atoms with E-state index in [1.807, 2.05) is 76.2 Å². The molecule has 2 heterocycles. The Kier molecular flexibility index (Phi) is 13.0. The number of aryl methyl sites for hydroxylation is 2. The number of para-hydroxylation sites is 2. The highest BCUT2D eigenvalue weighted by Gasteiger charge is 2.11. The molecule has 0 saturated heterocycles. The minimum atomic E-state index is -0.927. The summed E-state index contributed by atoms with van der Waals surface area (Å²) in [6.45, 7) is 8.09. The standard InChI is InChI=1S/2C15H15NO2.C10H8N4/c2*1-10-6-5-9-13(11(10)2)16-14-8-4-3-7-12(14)15(17)18;1-5-11-6-2-9(1)13-14-10-3-7-12-8-4-10/h2*3-9,16H,1-2H3,(H,17,18);1-8H. The van der Waals surface area contributed by atoms with E-state index in [-0.39, 0.29) is 11.1 Å². The first-order chi connectivity index (χ1) is 24.1. The van der Waals surface area contributed by atoms with Gasteiger partial charge in [-0.2, -0.15) is 10.2 Å². The number of carboxylic acid groups (broad SMARTS) is 2. The van der Waals surface area contributed by atoms with Crippen LogP contribution in [0.4, 0.5) is 34.1 Å². The molecule has 2 aromatic heterocycles. The lowest BCUT2D eigenvalue weighted by Crippen LogP contribution is -2.03. The number of azo groups is 1. The van der Waals surface area contributed by atoms with Crippen molar-refractivity contribution < 1.29 is 19.8 Å². The first kappa shape index (κ1) is 36.2. The number of hydrogen-bond acceptors (Lipinski definition) is 8. The van der Waals surface area contributed by atoms with Crippen LogP contribution >= 0.6 is 0 Å². The summed E-state index contributed by atoms with van der Waals surface area (Å²) in [7, 11) is 0. The maximum Gasteiger partial charge on any atom is 0.337 e. The normalized spacial score (nSPS) is 10.2. The number of carboxylic acids is 2. The van der Waals surface area contributed by atoms with Gasteiger partial charge in [0.2, 0.25) is 0 Å². The average Bonchev–Trinajstić information content (AvgIpc) is 3.13. The second kappa shape index (κ2) is 18.0. The Hall–Kier alpha value is -6.68. The van der Waals surface area contributed by atoms with Crippen molar-refractivity contribution in [3.63, 3.8) is 0 Å². The van der Waals surface area contributed by atoms with E-state index in [1.165, 1.54) is 11.1 Å². The van der Waals surface area contributed by atoms with Gasteiger partial charge in [-0.25, -0.2) is 9.59 Å². The molecule has 0 aliphatic carbocycles. The summed E-state index contributed by atoms with van der Waals surface area (Å²) in [6.07, 6.45) is 6.73. The lowest BCUT2D eigenvalue weighted by molar-refractivity contribution is 0.0687. The molecule has 0 aliphatic heterocycles. The number of anilines is 4. The largest absolute Gasteiger partial charge is 0.478 e. The third-order valence-electron chi connectivity index (χ3n) is 7.67. The first-order valence-corrected chi connectivity index (χ1v) is 15.7. The molecule has 0 saturated carbocycles. The monoisotopic (exact) mass is 666 g/mol. The number of hydrogen-bond donors (Lipinski definition) is 4. The molecule has 0 aliphatic rings. The average molecular weight is 667 g/mol. The van der Waals surface area contributed by atoms with Crippen LogP contribution < -0.4 is 10.6 Å². The molecular weight excluding hydrogens is 628 g/mol. The van der Waals surface area contributed by atoms with E-state index < -0.39 is 11.9 Å². The molecule has 0 unspecified atom stereocenters. The fraction of sp³-hybridized carbons (Fsp3) is 0.100. The maximum atomic E-state index is 11.1. The number of nitrogens with one attached hydrogen (secondary N) is 2. The Bertz CT molecular complexity index is 1920. The summed E-state index contributed by atoms with van der Waals surface area (Å²) in [5.41, 5.74) is 9.81. The number of rotatable bonds is 8. The van der Waals surface area contributed by atoms with Crippen LogP contribution in [-0.4, -0.2) is 32.1 Å². The van der Waals surface area contributed by atoms with Gasteiger partial charge in [0.25, 0.3) is 0 Å². The van der Waals surface area contributed by atoms with E-state index in [2.05, 4.69) is 30.8 Å². The molecule has 0 bridgehead atoms. The lowest BCUT2D eigenvalue weighted by atomic mass is 10.1. The highest BCUT2D eigenvalue weighted by atomic mass is 16.4. The molecule has 0 spiro atoms. The number of nitrogens with zero attached hydrogens (tertiary/aromatic N) is 4. The number of aromatic nitrogens is 2.